The average molecular weight is 340 g/mol. The van der Waals surface area contributed by atoms with Crippen LogP contribution in [0.3, 0.4) is 0 Å². The number of hydrogen-bond acceptors (Lipinski definition) is 4. The number of fused-ring (bicyclic) bond motifs is 1. The van der Waals surface area contributed by atoms with Crippen LogP contribution in [0.25, 0.3) is 0 Å². The smallest absolute Gasteiger partial charge is 0.228 e. The van der Waals surface area contributed by atoms with E-state index >= 15 is 0 Å². The molecule has 0 saturated carbocycles. The van der Waals surface area contributed by atoms with E-state index in [0.29, 0.717) is 23.7 Å². The number of benzene rings is 2. The third-order valence-corrected chi connectivity index (χ3v) is 4.25. The Morgan fingerprint density at radius 2 is 1.96 bits per heavy atom. The van der Waals surface area contributed by atoms with Crippen LogP contribution in [-0.2, 0) is 16.1 Å². The number of anilines is 1. The third-order valence-electron chi connectivity index (χ3n) is 4.25. The lowest BCUT2D eigenvalue weighted by Gasteiger charge is -2.25. The van der Waals surface area contributed by atoms with Crippen LogP contribution in [0, 0.1) is 0 Å². The number of methoxy groups -OCH3 is 2. The number of ether oxygens (including phenoxy) is 2. The van der Waals surface area contributed by atoms with Crippen LogP contribution in [0.2, 0.25) is 0 Å². The van der Waals surface area contributed by atoms with Gasteiger partial charge in [0.2, 0.25) is 11.8 Å². The Morgan fingerprint density at radius 1 is 1.16 bits per heavy atom. The summed E-state index contributed by atoms with van der Waals surface area (Å²) < 4.78 is 10.6. The molecule has 2 N–H and O–H groups in total. The van der Waals surface area contributed by atoms with Crippen molar-refractivity contribution in [2.24, 2.45) is 0 Å². The Balaban J connectivity index is 1.77. The van der Waals surface area contributed by atoms with E-state index in [1.54, 1.807) is 26.4 Å². The topological polar surface area (TPSA) is 76.7 Å². The zero-order valence-electron chi connectivity index (χ0n) is 14.2. The van der Waals surface area contributed by atoms with Crippen LogP contribution in [0.5, 0.6) is 11.5 Å². The van der Waals surface area contributed by atoms with Gasteiger partial charge in [-0.3, -0.25) is 9.59 Å². The van der Waals surface area contributed by atoms with Crippen molar-refractivity contribution < 1.29 is 19.1 Å². The molecule has 130 valence electrons. The zero-order chi connectivity index (χ0) is 17.8. The van der Waals surface area contributed by atoms with Crippen molar-refractivity contribution in [2.45, 2.75) is 18.9 Å². The molecule has 6 heteroatoms. The van der Waals surface area contributed by atoms with Gasteiger partial charge in [0.15, 0.2) is 11.5 Å². The molecule has 0 saturated heterocycles. The Hall–Kier alpha value is -3.02. The molecule has 0 bridgehead atoms. The second kappa shape index (κ2) is 7.25. The molecule has 1 aliphatic rings. The molecule has 25 heavy (non-hydrogen) atoms. The van der Waals surface area contributed by atoms with Crippen LogP contribution in [0.4, 0.5) is 5.69 Å². The zero-order valence-corrected chi connectivity index (χ0v) is 14.2. The first-order valence-corrected chi connectivity index (χ1v) is 8.00. The van der Waals surface area contributed by atoms with Gasteiger partial charge in [-0.25, -0.2) is 0 Å². The Bertz CT molecular complexity index is 804. The summed E-state index contributed by atoms with van der Waals surface area (Å²) in [4.78, 5) is 24.5. The monoisotopic (exact) mass is 340 g/mol. The van der Waals surface area contributed by atoms with Crippen LogP contribution in [0.15, 0.2) is 42.5 Å². The number of hydrogen-bond donors (Lipinski definition) is 2. The van der Waals surface area contributed by atoms with E-state index in [-0.39, 0.29) is 18.2 Å². The molecule has 0 spiro atoms. The lowest BCUT2D eigenvalue weighted by Crippen LogP contribution is -2.34. The molecule has 1 aliphatic heterocycles. The van der Waals surface area contributed by atoms with E-state index in [0.717, 1.165) is 11.1 Å². The Morgan fingerprint density at radius 3 is 2.72 bits per heavy atom. The van der Waals surface area contributed by atoms with Gasteiger partial charge in [0.05, 0.1) is 20.1 Å². The predicted molar refractivity (Wildman–Crippen MR) is 93.8 cm³/mol. The van der Waals surface area contributed by atoms with Crippen LogP contribution < -0.4 is 20.1 Å². The van der Waals surface area contributed by atoms with Crippen molar-refractivity contribution >= 4 is 17.5 Å². The molecule has 2 amide bonds. The van der Waals surface area contributed by atoms with Crippen molar-refractivity contribution in [1.82, 2.24) is 5.32 Å². The van der Waals surface area contributed by atoms with E-state index in [1.165, 1.54) is 0 Å². The molecule has 2 aromatic rings. The molecular formula is C19H20N2O4. The summed E-state index contributed by atoms with van der Waals surface area (Å²) in [7, 11) is 3.13. The molecule has 0 aromatic heterocycles. The third kappa shape index (κ3) is 3.42. The highest BCUT2D eigenvalue weighted by Crippen LogP contribution is 2.33. The fourth-order valence-electron chi connectivity index (χ4n) is 3.04. The second-order valence-corrected chi connectivity index (χ2v) is 5.76. The first-order valence-electron chi connectivity index (χ1n) is 8.00. The standard InChI is InChI=1S/C19H20N2O4/c1-24-16-9-5-6-12(18(16)25-2)11-20-19(23)14-10-17(22)21-15-8-4-3-7-13(14)15/h3-9,14H,10-11H2,1-2H3,(H,20,23)(H,21,22)/t14-/m0/s1. The summed E-state index contributed by atoms with van der Waals surface area (Å²) >= 11 is 0. The van der Waals surface area contributed by atoms with E-state index in [9.17, 15) is 9.59 Å². The number of para-hydroxylation sites is 2. The minimum absolute atomic E-state index is 0.137. The van der Waals surface area contributed by atoms with Crippen molar-refractivity contribution in [3.8, 4) is 11.5 Å². The highest BCUT2D eigenvalue weighted by molar-refractivity contribution is 6.01. The highest BCUT2D eigenvalue weighted by atomic mass is 16.5. The number of amides is 2. The van der Waals surface area contributed by atoms with Crippen LogP contribution >= 0.6 is 0 Å². The van der Waals surface area contributed by atoms with Gasteiger partial charge in [-0.05, 0) is 17.7 Å². The van der Waals surface area contributed by atoms with Crippen molar-refractivity contribution in [2.75, 3.05) is 19.5 Å². The Labute approximate surface area is 146 Å². The van der Waals surface area contributed by atoms with E-state index in [2.05, 4.69) is 10.6 Å². The van der Waals surface area contributed by atoms with Gasteiger partial charge in [0.25, 0.3) is 0 Å². The maximum absolute atomic E-state index is 12.7. The molecular weight excluding hydrogens is 320 g/mol. The average Bonchev–Trinajstić information content (AvgIpc) is 2.64. The van der Waals surface area contributed by atoms with Gasteiger partial charge in [0.1, 0.15) is 0 Å². The number of carbonyl (C=O) groups excluding carboxylic acids is 2. The lowest BCUT2D eigenvalue weighted by molar-refractivity contribution is -0.126. The molecule has 6 nitrogen and oxygen atoms in total. The Kier molecular flexibility index (Phi) is 4.88. The first-order chi connectivity index (χ1) is 12.1. The van der Waals surface area contributed by atoms with Crippen molar-refractivity contribution in [3.05, 3.63) is 53.6 Å². The van der Waals surface area contributed by atoms with Gasteiger partial charge in [-0.15, -0.1) is 0 Å². The summed E-state index contributed by atoms with van der Waals surface area (Å²) in [6, 6.07) is 12.9. The van der Waals surface area contributed by atoms with Gasteiger partial charge < -0.3 is 20.1 Å². The molecule has 0 unspecified atom stereocenters. The lowest BCUT2D eigenvalue weighted by atomic mass is 9.90. The van der Waals surface area contributed by atoms with Gasteiger partial charge in [0, 0.05) is 24.2 Å². The maximum atomic E-state index is 12.7. The van der Waals surface area contributed by atoms with Crippen LogP contribution in [-0.4, -0.2) is 26.0 Å². The summed E-state index contributed by atoms with van der Waals surface area (Å²) in [5, 5.41) is 5.70. The quantitative estimate of drug-likeness (QED) is 0.876. The fourth-order valence-corrected chi connectivity index (χ4v) is 3.04. The van der Waals surface area contributed by atoms with Gasteiger partial charge in [-0.1, -0.05) is 30.3 Å². The number of nitrogens with one attached hydrogen (secondary N) is 2. The molecule has 1 atom stereocenters. The van der Waals surface area contributed by atoms with E-state index in [1.807, 2.05) is 30.3 Å². The van der Waals surface area contributed by atoms with E-state index in [4.69, 9.17) is 9.47 Å². The maximum Gasteiger partial charge on any atom is 0.228 e. The summed E-state index contributed by atoms with van der Waals surface area (Å²) in [5.74, 6) is 0.357. The predicted octanol–water partition coefficient (Wildman–Crippen LogP) is 2.45. The fraction of sp³-hybridized carbons (Fsp3) is 0.263. The summed E-state index contributed by atoms with van der Waals surface area (Å²) in [6.07, 6.45) is 0.137. The molecule has 0 radical (unpaired) electrons. The van der Waals surface area contributed by atoms with Crippen molar-refractivity contribution in [3.63, 3.8) is 0 Å². The van der Waals surface area contributed by atoms with Crippen molar-refractivity contribution in [1.29, 1.82) is 0 Å². The first kappa shape index (κ1) is 16.8. The SMILES string of the molecule is COc1cccc(CNC(=O)[C@H]2CC(=O)Nc3ccccc32)c1OC. The molecule has 0 fully saturated rings. The molecule has 2 aromatic carbocycles. The normalized spacial score (nSPS) is 15.8. The summed E-state index contributed by atoms with van der Waals surface area (Å²) in [6.45, 7) is 0.291. The van der Waals surface area contributed by atoms with Crippen LogP contribution in [0.1, 0.15) is 23.5 Å². The summed E-state index contributed by atoms with van der Waals surface area (Å²) in [5.41, 5.74) is 2.33. The number of carbonyl (C=O) groups is 2. The molecule has 1 heterocycles. The second-order valence-electron chi connectivity index (χ2n) is 5.76. The largest absolute Gasteiger partial charge is 0.493 e. The molecule has 3 rings (SSSR count). The van der Waals surface area contributed by atoms with Gasteiger partial charge >= 0.3 is 0 Å². The number of rotatable bonds is 5. The minimum atomic E-state index is -0.499. The molecule has 0 aliphatic carbocycles. The highest BCUT2D eigenvalue weighted by Gasteiger charge is 2.30. The van der Waals surface area contributed by atoms with Gasteiger partial charge in [-0.2, -0.15) is 0 Å². The van der Waals surface area contributed by atoms with E-state index < -0.39 is 5.92 Å². The minimum Gasteiger partial charge on any atom is -0.493 e.